The van der Waals surface area contributed by atoms with E-state index in [1.54, 1.807) is 11.0 Å². The van der Waals surface area contributed by atoms with Gasteiger partial charge in [-0.25, -0.2) is 0 Å². The number of para-hydroxylation sites is 1. The van der Waals surface area contributed by atoms with E-state index in [1.807, 2.05) is 42.5 Å². The third kappa shape index (κ3) is 3.39. The Hall–Kier alpha value is -2.92. The predicted octanol–water partition coefficient (Wildman–Crippen LogP) is 2.49. The molecule has 0 bridgehead atoms. The number of benzene rings is 2. The zero-order valence-electron chi connectivity index (χ0n) is 14.5. The smallest absolute Gasteiger partial charge is 0.261 e. The van der Waals surface area contributed by atoms with Gasteiger partial charge in [-0.2, -0.15) is 0 Å². The molecule has 4 rings (SSSR count). The first kappa shape index (κ1) is 16.5. The number of aromatic nitrogens is 1. The van der Waals surface area contributed by atoms with Crippen LogP contribution in [0, 0.1) is 0 Å². The lowest BCUT2D eigenvalue weighted by molar-refractivity contribution is 0.0627. The number of H-pyrrole nitrogens is 1. The molecule has 5 heteroatoms. The van der Waals surface area contributed by atoms with Crippen LogP contribution in [0.3, 0.4) is 0 Å². The van der Waals surface area contributed by atoms with Gasteiger partial charge in [0.1, 0.15) is 5.56 Å². The second kappa shape index (κ2) is 7.14. The lowest BCUT2D eigenvalue weighted by Crippen LogP contribution is -2.49. The molecule has 1 amide bonds. The van der Waals surface area contributed by atoms with Gasteiger partial charge in [-0.3, -0.25) is 14.5 Å². The number of nitrogens with zero attached hydrogens (tertiary/aromatic N) is 2. The Kier molecular flexibility index (Phi) is 4.54. The van der Waals surface area contributed by atoms with Crippen LogP contribution in [0.25, 0.3) is 10.9 Å². The first-order valence-electron chi connectivity index (χ1n) is 8.88. The van der Waals surface area contributed by atoms with E-state index in [4.69, 9.17) is 0 Å². The summed E-state index contributed by atoms with van der Waals surface area (Å²) in [6, 6.07) is 19.5. The van der Waals surface area contributed by atoms with E-state index in [1.165, 1.54) is 5.56 Å². The van der Waals surface area contributed by atoms with Gasteiger partial charge in [-0.1, -0.05) is 48.5 Å². The van der Waals surface area contributed by atoms with Crippen molar-refractivity contribution in [2.24, 2.45) is 0 Å². The molecule has 0 aliphatic carbocycles. The van der Waals surface area contributed by atoms with Gasteiger partial charge in [0, 0.05) is 38.2 Å². The van der Waals surface area contributed by atoms with E-state index in [0.29, 0.717) is 13.1 Å². The first-order chi connectivity index (χ1) is 12.7. The third-order valence-corrected chi connectivity index (χ3v) is 4.89. The summed E-state index contributed by atoms with van der Waals surface area (Å²) in [6.45, 7) is 3.79. The summed E-state index contributed by atoms with van der Waals surface area (Å²) < 4.78 is 0. The van der Waals surface area contributed by atoms with Crippen molar-refractivity contribution in [1.82, 2.24) is 14.8 Å². The van der Waals surface area contributed by atoms with Crippen LogP contribution in [0.15, 0.2) is 65.5 Å². The van der Waals surface area contributed by atoms with Crippen LogP contribution < -0.4 is 5.56 Å². The van der Waals surface area contributed by atoms with Crippen LogP contribution in [-0.4, -0.2) is 46.9 Å². The molecule has 1 N–H and O–H groups in total. The van der Waals surface area contributed by atoms with Crippen LogP contribution in [0.2, 0.25) is 0 Å². The topological polar surface area (TPSA) is 56.4 Å². The molecule has 1 aliphatic heterocycles. The van der Waals surface area contributed by atoms with Crippen molar-refractivity contribution in [3.63, 3.8) is 0 Å². The van der Waals surface area contributed by atoms with Crippen molar-refractivity contribution < 1.29 is 4.79 Å². The van der Waals surface area contributed by atoms with Crippen LogP contribution in [0.4, 0.5) is 0 Å². The number of carbonyl (C=O) groups is 1. The number of carbonyl (C=O) groups excluding carboxylic acids is 1. The van der Waals surface area contributed by atoms with Crippen LogP contribution in [0.5, 0.6) is 0 Å². The quantitative estimate of drug-likeness (QED) is 0.792. The summed E-state index contributed by atoms with van der Waals surface area (Å²) >= 11 is 0. The van der Waals surface area contributed by atoms with Crippen molar-refractivity contribution in [2.45, 2.75) is 6.54 Å². The number of pyridine rings is 1. The Bertz CT molecular complexity index is 973. The maximum atomic E-state index is 12.8. The van der Waals surface area contributed by atoms with E-state index in [-0.39, 0.29) is 17.0 Å². The molecule has 0 saturated carbocycles. The second-order valence-electron chi connectivity index (χ2n) is 6.65. The average Bonchev–Trinajstić information content (AvgIpc) is 2.68. The fourth-order valence-electron chi connectivity index (χ4n) is 3.43. The lowest BCUT2D eigenvalue weighted by atomic mass is 10.1. The maximum absolute atomic E-state index is 12.8. The van der Waals surface area contributed by atoms with Crippen molar-refractivity contribution in [3.05, 3.63) is 82.1 Å². The van der Waals surface area contributed by atoms with Gasteiger partial charge >= 0.3 is 0 Å². The summed E-state index contributed by atoms with van der Waals surface area (Å²) in [7, 11) is 0. The summed E-state index contributed by atoms with van der Waals surface area (Å²) in [5, 5.41) is 0.873. The van der Waals surface area contributed by atoms with Gasteiger partial charge in [-0.15, -0.1) is 0 Å². The minimum atomic E-state index is -0.319. The molecule has 132 valence electrons. The Morgan fingerprint density at radius 3 is 2.38 bits per heavy atom. The lowest BCUT2D eigenvalue weighted by Gasteiger charge is -2.34. The molecule has 1 aliphatic rings. The largest absolute Gasteiger partial charge is 0.336 e. The molecule has 0 unspecified atom stereocenters. The number of aromatic amines is 1. The number of nitrogens with one attached hydrogen (secondary N) is 1. The Balaban J connectivity index is 1.45. The monoisotopic (exact) mass is 347 g/mol. The zero-order valence-corrected chi connectivity index (χ0v) is 14.5. The van der Waals surface area contributed by atoms with E-state index < -0.39 is 0 Å². The molecule has 0 radical (unpaired) electrons. The molecule has 26 heavy (non-hydrogen) atoms. The number of amides is 1. The van der Waals surface area contributed by atoms with Crippen molar-refractivity contribution in [2.75, 3.05) is 26.2 Å². The predicted molar refractivity (Wildman–Crippen MR) is 102 cm³/mol. The minimum absolute atomic E-state index is 0.184. The standard InChI is InChI=1S/C21H21N3O2/c25-20-18(14-17-8-4-5-9-19(17)22-20)21(26)24-12-10-23(11-13-24)15-16-6-2-1-3-7-16/h1-9,14H,10-13,15H2,(H,22,25). The number of piperazine rings is 1. The molecular formula is C21H21N3O2. The van der Waals surface area contributed by atoms with Gasteiger partial charge < -0.3 is 9.88 Å². The maximum Gasteiger partial charge on any atom is 0.261 e. The summed E-state index contributed by atoms with van der Waals surface area (Å²) in [4.78, 5) is 32.0. The molecule has 1 aromatic heterocycles. The van der Waals surface area contributed by atoms with E-state index >= 15 is 0 Å². The molecule has 5 nitrogen and oxygen atoms in total. The average molecular weight is 347 g/mol. The molecule has 2 heterocycles. The molecular weight excluding hydrogens is 326 g/mol. The summed E-state index contributed by atoms with van der Waals surface area (Å²) in [5.41, 5.74) is 1.93. The highest BCUT2D eigenvalue weighted by Gasteiger charge is 2.24. The van der Waals surface area contributed by atoms with Gasteiger partial charge in [0.15, 0.2) is 0 Å². The third-order valence-electron chi connectivity index (χ3n) is 4.89. The SMILES string of the molecule is O=C(c1cc2ccccc2[nH]c1=O)N1CCN(Cc2ccccc2)CC1. The van der Waals surface area contributed by atoms with E-state index in [9.17, 15) is 9.59 Å². The molecule has 1 fully saturated rings. The summed E-state index contributed by atoms with van der Waals surface area (Å²) in [6.07, 6.45) is 0. The number of hydrogen-bond donors (Lipinski definition) is 1. The second-order valence-corrected chi connectivity index (χ2v) is 6.65. The molecule has 0 atom stereocenters. The molecule has 0 spiro atoms. The Morgan fingerprint density at radius 2 is 1.62 bits per heavy atom. The van der Waals surface area contributed by atoms with Gasteiger partial charge in [0.2, 0.25) is 0 Å². The first-order valence-corrected chi connectivity index (χ1v) is 8.88. The van der Waals surface area contributed by atoms with Crippen molar-refractivity contribution in [1.29, 1.82) is 0 Å². The van der Waals surface area contributed by atoms with Crippen LogP contribution in [-0.2, 0) is 6.54 Å². The number of fused-ring (bicyclic) bond motifs is 1. The van der Waals surface area contributed by atoms with Crippen LogP contribution in [0.1, 0.15) is 15.9 Å². The zero-order chi connectivity index (χ0) is 17.9. The van der Waals surface area contributed by atoms with E-state index in [0.717, 1.165) is 30.5 Å². The van der Waals surface area contributed by atoms with Gasteiger partial charge in [-0.05, 0) is 23.1 Å². The highest BCUT2D eigenvalue weighted by molar-refractivity contribution is 5.97. The highest BCUT2D eigenvalue weighted by atomic mass is 16.2. The Morgan fingerprint density at radius 1 is 0.923 bits per heavy atom. The molecule has 3 aromatic rings. The van der Waals surface area contributed by atoms with Gasteiger partial charge in [0.25, 0.3) is 11.5 Å². The molecule has 2 aromatic carbocycles. The van der Waals surface area contributed by atoms with E-state index in [2.05, 4.69) is 22.0 Å². The van der Waals surface area contributed by atoms with Crippen molar-refractivity contribution in [3.8, 4) is 0 Å². The minimum Gasteiger partial charge on any atom is -0.336 e. The highest BCUT2D eigenvalue weighted by Crippen LogP contribution is 2.14. The van der Waals surface area contributed by atoms with Gasteiger partial charge in [0.05, 0.1) is 0 Å². The summed E-state index contributed by atoms with van der Waals surface area (Å²) in [5.74, 6) is -0.184. The molecule has 1 saturated heterocycles. The fourth-order valence-corrected chi connectivity index (χ4v) is 3.43. The number of rotatable bonds is 3. The Labute approximate surface area is 151 Å². The normalized spacial score (nSPS) is 15.3. The van der Waals surface area contributed by atoms with Crippen LogP contribution >= 0.6 is 0 Å². The number of hydrogen-bond acceptors (Lipinski definition) is 3. The van der Waals surface area contributed by atoms with Crippen molar-refractivity contribution >= 4 is 16.8 Å². The fraction of sp³-hybridized carbons (Fsp3) is 0.238.